The minimum atomic E-state index is -3.50. The fourth-order valence-electron chi connectivity index (χ4n) is 2.96. The predicted octanol–water partition coefficient (Wildman–Crippen LogP) is 2.13. The molecule has 1 atom stereocenters. The largest absolute Gasteiger partial charge is 0.480 e. The number of H-pyrrole nitrogens is 1. The highest BCUT2D eigenvalue weighted by Crippen LogP contribution is 2.24. The van der Waals surface area contributed by atoms with E-state index in [-0.39, 0.29) is 6.54 Å². The number of anilines is 1. The van der Waals surface area contributed by atoms with Crippen molar-refractivity contribution in [3.63, 3.8) is 0 Å². The van der Waals surface area contributed by atoms with Crippen molar-refractivity contribution in [2.75, 3.05) is 24.7 Å². The number of carboxylic acids is 1. The van der Waals surface area contributed by atoms with Crippen molar-refractivity contribution in [1.29, 1.82) is 0 Å². The zero-order chi connectivity index (χ0) is 20.5. The number of rotatable bonds is 7. The number of nitrogens with one attached hydrogen (secondary N) is 2. The van der Waals surface area contributed by atoms with Crippen molar-refractivity contribution in [2.45, 2.75) is 6.04 Å². The molecular formula is C18H20N4O4S2. The van der Waals surface area contributed by atoms with Gasteiger partial charge in [0, 0.05) is 19.3 Å². The van der Waals surface area contributed by atoms with Gasteiger partial charge < -0.3 is 15.0 Å². The Morgan fingerprint density at radius 3 is 2.68 bits per heavy atom. The zero-order valence-corrected chi connectivity index (χ0v) is 16.9. The predicted molar refractivity (Wildman–Crippen MR) is 111 cm³/mol. The second-order valence-corrected chi connectivity index (χ2v) is 8.61. The standard InChI is InChI=1S/C18H20N4O4S2/c1-21(16(17(23)24)11-19-28(2,25)26)12-6-5-7-13(10-12)22-15-9-4-3-8-14(15)20-18(22)27/h3-10,16,19H,11H2,1-2H3,(H,20,27)(H,23,24). The molecular weight excluding hydrogens is 400 g/mol. The Morgan fingerprint density at radius 2 is 2.00 bits per heavy atom. The summed E-state index contributed by atoms with van der Waals surface area (Å²) < 4.78 is 27.3. The molecule has 2 aromatic carbocycles. The maximum atomic E-state index is 11.7. The van der Waals surface area contributed by atoms with Gasteiger partial charge in [0.05, 0.1) is 23.0 Å². The Bertz CT molecular complexity index is 1180. The van der Waals surface area contributed by atoms with Crippen LogP contribution >= 0.6 is 12.2 Å². The summed E-state index contributed by atoms with van der Waals surface area (Å²) >= 11 is 5.44. The third kappa shape index (κ3) is 4.24. The van der Waals surface area contributed by atoms with Gasteiger partial charge in [0.1, 0.15) is 6.04 Å². The summed E-state index contributed by atoms with van der Waals surface area (Å²) in [7, 11) is -1.90. The number of hydrogen-bond donors (Lipinski definition) is 3. The lowest BCUT2D eigenvalue weighted by molar-refractivity contribution is -0.138. The average molecular weight is 421 g/mol. The van der Waals surface area contributed by atoms with E-state index in [1.165, 1.54) is 4.90 Å². The van der Waals surface area contributed by atoms with Gasteiger partial charge in [0.25, 0.3) is 0 Å². The van der Waals surface area contributed by atoms with E-state index in [1.54, 1.807) is 19.2 Å². The normalized spacial score (nSPS) is 12.8. The molecule has 0 fully saturated rings. The smallest absolute Gasteiger partial charge is 0.327 e. The third-order valence-corrected chi connectivity index (χ3v) is 5.35. The number of nitrogens with zero attached hydrogens (tertiary/aromatic N) is 2. The van der Waals surface area contributed by atoms with Crippen LogP contribution in [0.1, 0.15) is 0 Å². The molecule has 3 aromatic rings. The molecule has 8 nitrogen and oxygen atoms in total. The minimum absolute atomic E-state index is 0.249. The average Bonchev–Trinajstić information content (AvgIpc) is 2.96. The third-order valence-electron chi connectivity index (χ3n) is 4.38. The molecule has 0 aliphatic heterocycles. The first kappa shape index (κ1) is 20.1. The molecule has 0 aliphatic rings. The van der Waals surface area contributed by atoms with Gasteiger partial charge in [0.2, 0.25) is 10.0 Å². The number of likely N-dealkylation sites (N-methyl/N-ethyl adjacent to an activating group) is 1. The van der Waals surface area contributed by atoms with E-state index >= 15 is 0 Å². The Hall–Kier alpha value is -2.69. The minimum Gasteiger partial charge on any atom is -0.480 e. The number of para-hydroxylation sites is 2. The fourth-order valence-corrected chi connectivity index (χ4v) is 3.74. The van der Waals surface area contributed by atoms with Crippen molar-refractivity contribution in [2.24, 2.45) is 0 Å². The highest BCUT2D eigenvalue weighted by molar-refractivity contribution is 7.88. The van der Waals surface area contributed by atoms with Crippen molar-refractivity contribution in [1.82, 2.24) is 14.3 Å². The first-order valence-electron chi connectivity index (χ1n) is 8.38. The Morgan fingerprint density at radius 1 is 1.29 bits per heavy atom. The lowest BCUT2D eigenvalue weighted by Crippen LogP contribution is -2.47. The number of carbonyl (C=O) groups is 1. The van der Waals surface area contributed by atoms with Gasteiger partial charge in [0.15, 0.2) is 4.77 Å². The quantitative estimate of drug-likeness (QED) is 0.506. The van der Waals surface area contributed by atoms with Gasteiger partial charge in [-0.25, -0.2) is 17.9 Å². The van der Waals surface area contributed by atoms with E-state index in [2.05, 4.69) is 9.71 Å². The molecule has 0 aliphatic carbocycles. The number of hydrogen-bond acceptors (Lipinski definition) is 5. The van der Waals surface area contributed by atoms with Gasteiger partial charge in [-0.2, -0.15) is 0 Å². The molecule has 3 N–H and O–H groups in total. The Balaban J connectivity index is 1.99. The maximum absolute atomic E-state index is 11.7. The van der Waals surface area contributed by atoms with E-state index in [0.717, 1.165) is 23.0 Å². The van der Waals surface area contributed by atoms with Crippen LogP contribution in [-0.4, -0.2) is 54.9 Å². The highest BCUT2D eigenvalue weighted by atomic mass is 32.2. The highest BCUT2D eigenvalue weighted by Gasteiger charge is 2.24. The summed E-state index contributed by atoms with van der Waals surface area (Å²) in [6.45, 7) is -0.249. The van der Waals surface area contributed by atoms with E-state index in [0.29, 0.717) is 10.5 Å². The summed E-state index contributed by atoms with van der Waals surface area (Å²) in [5.74, 6) is -1.13. The number of fused-ring (bicyclic) bond motifs is 1. The van der Waals surface area contributed by atoms with Gasteiger partial charge in [-0.15, -0.1) is 0 Å². The first-order chi connectivity index (χ1) is 13.2. The van der Waals surface area contributed by atoms with Crippen molar-refractivity contribution >= 4 is 44.9 Å². The van der Waals surface area contributed by atoms with Gasteiger partial charge in [-0.3, -0.25) is 4.57 Å². The topological polar surface area (TPSA) is 107 Å². The number of aromatic nitrogens is 2. The lowest BCUT2D eigenvalue weighted by Gasteiger charge is -2.27. The molecule has 0 saturated heterocycles. The Kier molecular flexibility index (Phi) is 5.54. The van der Waals surface area contributed by atoms with Crippen LogP contribution in [0.4, 0.5) is 5.69 Å². The molecule has 0 bridgehead atoms. The van der Waals surface area contributed by atoms with Crippen LogP contribution in [0.5, 0.6) is 0 Å². The van der Waals surface area contributed by atoms with Crippen molar-refractivity contribution in [3.8, 4) is 5.69 Å². The van der Waals surface area contributed by atoms with E-state index in [4.69, 9.17) is 12.2 Å². The van der Waals surface area contributed by atoms with Crippen LogP contribution in [-0.2, 0) is 14.8 Å². The van der Waals surface area contributed by atoms with E-state index < -0.39 is 22.0 Å². The van der Waals surface area contributed by atoms with Crippen LogP contribution < -0.4 is 9.62 Å². The Labute approximate surface area is 167 Å². The molecule has 1 unspecified atom stereocenters. The number of benzene rings is 2. The monoisotopic (exact) mass is 420 g/mol. The van der Waals surface area contributed by atoms with Gasteiger partial charge >= 0.3 is 5.97 Å². The summed E-state index contributed by atoms with van der Waals surface area (Å²) in [6, 6.07) is 13.9. The molecule has 3 rings (SSSR count). The van der Waals surface area contributed by atoms with E-state index in [9.17, 15) is 18.3 Å². The number of aromatic amines is 1. The molecule has 28 heavy (non-hydrogen) atoms. The summed E-state index contributed by atoms with van der Waals surface area (Å²) in [5.41, 5.74) is 3.19. The molecule has 148 valence electrons. The molecule has 0 radical (unpaired) electrons. The molecule has 1 heterocycles. The number of aliphatic carboxylic acids is 1. The lowest BCUT2D eigenvalue weighted by atomic mass is 10.2. The van der Waals surface area contributed by atoms with Crippen molar-refractivity contribution in [3.05, 3.63) is 53.3 Å². The number of carboxylic acid groups (broad SMARTS) is 1. The van der Waals surface area contributed by atoms with Crippen molar-refractivity contribution < 1.29 is 18.3 Å². The fraction of sp³-hybridized carbons (Fsp3) is 0.222. The summed E-state index contributed by atoms with van der Waals surface area (Å²) in [5, 5.41) is 9.54. The van der Waals surface area contributed by atoms with E-state index in [1.807, 2.05) is 41.0 Å². The summed E-state index contributed by atoms with van der Waals surface area (Å²) in [4.78, 5) is 16.3. The summed E-state index contributed by atoms with van der Waals surface area (Å²) in [6.07, 6.45) is 0.991. The maximum Gasteiger partial charge on any atom is 0.327 e. The van der Waals surface area contributed by atoms with Crippen LogP contribution in [0.15, 0.2) is 48.5 Å². The van der Waals surface area contributed by atoms with Gasteiger partial charge in [-0.05, 0) is 42.5 Å². The molecule has 10 heteroatoms. The van der Waals surface area contributed by atoms with Crippen LogP contribution in [0.2, 0.25) is 0 Å². The van der Waals surface area contributed by atoms with Crippen LogP contribution in [0.3, 0.4) is 0 Å². The molecule has 1 aromatic heterocycles. The second-order valence-electron chi connectivity index (χ2n) is 6.39. The number of sulfonamides is 1. The van der Waals surface area contributed by atoms with Crippen LogP contribution in [0, 0.1) is 4.77 Å². The molecule has 0 spiro atoms. The van der Waals surface area contributed by atoms with Crippen LogP contribution in [0.25, 0.3) is 16.7 Å². The molecule has 0 saturated carbocycles. The van der Waals surface area contributed by atoms with Gasteiger partial charge in [-0.1, -0.05) is 18.2 Å². The second kappa shape index (κ2) is 7.74. The number of imidazole rings is 1. The molecule has 0 amide bonds. The first-order valence-corrected chi connectivity index (χ1v) is 10.7. The zero-order valence-electron chi connectivity index (χ0n) is 15.3. The SMILES string of the molecule is CN(c1cccc(-n2c(=S)[nH]c3ccccc32)c1)C(CNS(C)(=O)=O)C(=O)O.